The van der Waals surface area contributed by atoms with Crippen molar-refractivity contribution in [2.45, 2.75) is 39.2 Å². The Balaban J connectivity index is 2.61. The molecule has 1 saturated heterocycles. The SMILES string of the molecule is CCC1CCCN1C(=O)C(C)C#N. The van der Waals surface area contributed by atoms with Gasteiger partial charge in [-0.2, -0.15) is 5.26 Å². The summed E-state index contributed by atoms with van der Waals surface area (Å²) in [6, 6.07) is 2.37. The number of rotatable bonds is 2. The predicted octanol–water partition coefficient (Wildman–Crippen LogP) is 1.55. The lowest BCUT2D eigenvalue weighted by Gasteiger charge is -2.24. The maximum atomic E-state index is 11.6. The fourth-order valence-electron chi connectivity index (χ4n) is 1.85. The van der Waals surface area contributed by atoms with E-state index in [9.17, 15) is 4.79 Å². The number of amides is 1. The second-order valence-electron chi connectivity index (χ2n) is 3.59. The van der Waals surface area contributed by atoms with Crippen molar-refractivity contribution in [3.05, 3.63) is 0 Å². The molecule has 3 nitrogen and oxygen atoms in total. The molecule has 2 atom stereocenters. The highest BCUT2D eigenvalue weighted by Crippen LogP contribution is 2.21. The molecule has 1 amide bonds. The molecule has 0 N–H and O–H groups in total. The smallest absolute Gasteiger partial charge is 0.239 e. The first-order valence-corrected chi connectivity index (χ1v) is 4.90. The molecule has 1 aliphatic rings. The summed E-state index contributed by atoms with van der Waals surface area (Å²) in [6.45, 7) is 4.60. The Morgan fingerprint density at radius 1 is 1.77 bits per heavy atom. The van der Waals surface area contributed by atoms with Gasteiger partial charge in [-0.05, 0) is 26.2 Å². The molecule has 0 spiro atoms. The first-order valence-electron chi connectivity index (χ1n) is 4.90. The third-order valence-corrected chi connectivity index (χ3v) is 2.70. The molecule has 1 heterocycles. The van der Waals surface area contributed by atoms with Crippen LogP contribution in [-0.2, 0) is 4.79 Å². The second-order valence-corrected chi connectivity index (χ2v) is 3.59. The number of nitriles is 1. The maximum absolute atomic E-state index is 11.6. The minimum atomic E-state index is -0.479. The summed E-state index contributed by atoms with van der Waals surface area (Å²) >= 11 is 0. The summed E-state index contributed by atoms with van der Waals surface area (Å²) in [6.07, 6.45) is 3.19. The van der Waals surface area contributed by atoms with Crippen LogP contribution in [0.25, 0.3) is 0 Å². The molecule has 0 aromatic carbocycles. The lowest BCUT2D eigenvalue weighted by Crippen LogP contribution is -2.38. The van der Waals surface area contributed by atoms with Crippen molar-refractivity contribution in [1.82, 2.24) is 4.90 Å². The van der Waals surface area contributed by atoms with Crippen LogP contribution in [0.1, 0.15) is 33.1 Å². The first-order chi connectivity index (χ1) is 6.20. The van der Waals surface area contributed by atoms with E-state index in [1.807, 2.05) is 11.0 Å². The van der Waals surface area contributed by atoms with Crippen LogP contribution >= 0.6 is 0 Å². The predicted molar refractivity (Wildman–Crippen MR) is 49.8 cm³/mol. The van der Waals surface area contributed by atoms with E-state index >= 15 is 0 Å². The molecule has 1 rings (SSSR count). The highest BCUT2D eigenvalue weighted by Gasteiger charge is 2.29. The van der Waals surface area contributed by atoms with Crippen LogP contribution in [0.15, 0.2) is 0 Å². The highest BCUT2D eigenvalue weighted by molar-refractivity contribution is 5.81. The van der Waals surface area contributed by atoms with Gasteiger partial charge in [0.25, 0.3) is 0 Å². The zero-order valence-corrected chi connectivity index (χ0v) is 8.29. The fraction of sp³-hybridized carbons (Fsp3) is 0.800. The number of hydrogen-bond donors (Lipinski definition) is 0. The molecule has 0 aliphatic carbocycles. The van der Waals surface area contributed by atoms with Crippen LogP contribution in [0, 0.1) is 17.2 Å². The van der Waals surface area contributed by atoms with Crippen LogP contribution < -0.4 is 0 Å². The molecule has 2 unspecified atom stereocenters. The van der Waals surface area contributed by atoms with Gasteiger partial charge < -0.3 is 4.90 Å². The summed E-state index contributed by atoms with van der Waals surface area (Å²) in [5.41, 5.74) is 0. The first kappa shape index (κ1) is 10.0. The Morgan fingerprint density at radius 2 is 2.46 bits per heavy atom. The van der Waals surface area contributed by atoms with Crippen molar-refractivity contribution in [3.8, 4) is 6.07 Å². The molecule has 1 fully saturated rings. The number of nitrogens with zero attached hydrogens (tertiary/aromatic N) is 2. The average molecular weight is 180 g/mol. The number of carbonyl (C=O) groups excluding carboxylic acids is 1. The highest BCUT2D eigenvalue weighted by atomic mass is 16.2. The standard InChI is InChI=1S/C10H16N2O/c1-3-9-5-4-6-12(9)10(13)8(2)7-11/h8-9H,3-6H2,1-2H3. The molecule has 1 aliphatic heterocycles. The second kappa shape index (κ2) is 4.27. The van der Waals surface area contributed by atoms with Crippen LogP contribution in [0.4, 0.5) is 0 Å². The summed E-state index contributed by atoms with van der Waals surface area (Å²) in [5, 5.41) is 8.63. The molecule has 72 valence electrons. The lowest BCUT2D eigenvalue weighted by molar-refractivity contribution is -0.134. The van der Waals surface area contributed by atoms with E-state index in [0.29, 0.717) is 6.04 Å². The van der Waals surface area contributed by atoms with Gasteiger partial charge in [0.15, 0.2) is 0 Å². The van der Waals surface area contributed by atoms with E-state index in [-0.39, 0.29) is 5.91 Å². The van der Waals surface area contributed by atoms with E-state index in [2.05, 4.69) is 6.92 Å². The Labute approximate surface area is 79.3 Å². The molecule has 13 heavy (non-hydrogen) atoms. The summed E-state index contributed by atoms with van der Waals surface area (Å²) < 4.78 is 0. The lowest BCUT2D eigenvalue weighted by atomic mass is 10.1. The van der Waals surface area contributed by atoms with Gasteiger partial charge in [-0.3, -0.25) is 4.79 Å². The molecular weight excluding hydrogens is 164 g/mol. The zero-order chi connectivity index (χ0) is 9.84. The van der Waals surface area contributed by atoms with Crippen LogP contribution in [0.2, 0.25) is 0 Å². The van der Waals surface area contributed by atoms with Crippen molar-refractivity contribution >= 4 is 5.91 Å². The van der Waals surface area contributed by atoms with E-state index in [1.54, 1.807) is 6.92 Å². The van der Waals surface area contributed by atoms with Gasteiger partial charge in [-0.1, -0.05) is 6.92 Å². The van der Waals surface area contributed by atoms with Crippen molar-refractivity contribution in [1.29, 1.82) is 5.26 Å². The average Bonchev–Trinajstić information content (AvgIpc) is 2.62. The third-order valence-electron chi connectivity index (χ3n) is 2.70. The van der Waals surface area contributed by atoms with E-state index < -0.39 is 5.92 Å². The van der Waals surface area contributed by atoms with Gasteiger partial charge in [0.2, 0.25) is 5.91 Å². The Bertz CT molecular complexity index is 232. The normalized spacial score (nSPS) is 24.1. The summed E-state index contributed by atoms with van der Waals surface area (Å²) in [7, 11) is 0. The van der Waals surface area contributed by atoms with Crippen molar-refractivity contribution in [3.63, 3.8) is 0 Å². The van der Waals surface area contributed by atoms with Crippen molar-refractivity contribution < 1.29 is 4.79 Å². The van der Waals surface area contributed by atoms with Crippen LogP contribution in [0.5, 0.6) is 0 Å². The van der Waals surface area contributed by atoms with Gasteiger partial charge in [0.05, 0.1) is 6.07 Å². The molecule has 0 aromatic heterocycles. The Morgan fingerprint density at radius 3 is 3.00 bits per heavy atom. The van der Waals surface area contributed by atoms with Crippen molar-refractivity contribution in [2.24, 2.45) is 5.92 Å². The fourth-order valence-corrected chi connectivity index (χ4v) is 1.85. The third kappa shape index (κ3) is 2.00. The molecular formula is C10H16N2O. The molecule has 0 bridgehead atoms. The van der Waals surface area contributed by atoms with E-state index in [1.165, 1.54) is 0 Å². The molecule has 3 heteroatoms. The van der Waals surface area contributed by atoms with Gasteiger partial charge in [0, 0.05) is 12.6 Å². The van der Waals surface area contributed by atoms with Gasteiger partial charge >= 0.3 is 0 Å². The number of likely N-dealkylation sites (tertiary alicyclic amines) is 1. The molecule has 0 aromatic rings. The van der Waals surface area contributed by atoms with Crippen molar-refractivity contribution in [2.75, 3.05) is 6.54 Å². The maximum Gasteiger partial charge on any atom is 0.239 e. The summed E-state index contributed by atoms with van der Waals surface area (Å²) in [4.78, 5) is 13.5. The largest absolute Gasteiger partial charge is 0.339 e. The quantitative estimate of drug-likeness (QED) is 0.647. The monoisotopic (exact) mass is 180 g/mol. The Kier molecular flexibility index (Phi) is 3.30. The molecule has 0 radical (unpaired) electrons. The van der Waals surface area contributed by atoms with E-state index in [4.69, 9.17) is 5.26 Å². The topological polar surface area (TPSA) is 44.1 Å². The van der Waals surface area contributed by atoms with E-state index in [0.717, 1.165) is 25.8 Å². The van der Waals surface area contributed by atoms with Gasteiger partial charge in [-0.15, -0.1) is 0 Å². The van der Waals surface area contributed by atoms with Crippen LogP contribution in [0.3, 0.4) is 0 Å². The summed E-state index contributed by atoms with van der Waals surface area (Å²) in [5.74, 6) is -0.473. The minimum Gasteiger partial charge on any atom is -0.339 e. The van der Waals surface area contributed by atoms with Gasteiger partial charge in [-0.25, -0.2) is 0 Å². The zero-order valence-electron chi connectivity index (χ0n) is 8.29. The Hall–Kier alpha value is -1.04. The number of carbonyl (C=O) groups is 1. The minimum absolute atomic E-state index is 0.00634. The van der Waals surface area contributed by atoms with Crippen LogP contribution in [-0.4, -0.2) is 23.4 Å². The molecule has 0 saturated carbocycles. The number of hydrogen-bond acceptors (Lipinski definition) is 2. The van der Waals surface area contributed by atoms with Gasteiger partial charge in [0.1, 0.15) is 5.92 Å².